The molecule has 0 aromatic heterocycles. The van der Waals surface area contributed by atoms with Gasteiger partial charge in [0, 0.05) is 19.0 Å². The highest BCUT2D eigenvalue weighted by Gasteiger charge is 2.39. The maximum absolute atomic E-state index is 13.6. The minimum atomic E-state index is -0.744. The normalized spacial score (nSPS) is 20.3. The summed E-state index contributed by atoms with van der Waals surface area (Å²) in [5, 5.41) is 3.14. The molecule has 170 valence electrons. The molecule has 2 fully saturated rings. The third-order valence-corrected chi connectivity index (χ3v) is 7.09. The molecule has 1 aliphatic carbocycles. The molecule has 0 unspecified atom stereocenters. The zero-order valence-corrected chi connectivity index (χ0v) is 18.8. The van der Waals surface area contributed by atoms with Crippen molar-refractivity contribution in [3.63, 3.8) is 0 Å². The number of hydrogen-bond donors (Lipinski definition) is 2. The second-order valence-electron chi connectivity index (χ2n) is 9.26. The quantitative estimate of drug-likeness (QED) is 0.697. The highest BCUT2D eigenvalue weighted by Crippen LogP contribution is 2.30. The molecule has 0 bridgehead atoms. The lowest BCUT2D eigenvalue weighted by Crippen LogP contribution is -2.53. The van der Waals surface area contributed by atoms with Gasteiger partial charge in [-0.05, 0) is 42.7 Å². The summed E-state index contributed by atoms with van der Waals surface area (Å²) in [6.45, 7) is 1.31. The predicted octanol–water partition coefficient (Wildman–Crippen LogP) is 3.83. The van der Waals surface area contributed by atoms with Crippen molar-refractivity contribution in [2.24, 2.45) is 11.7 Å². The predicted molar refractivity (Wildman–Crippen MR) is 127 cm³/mol. The molecule has 0 radical (unpaired) electrons. The van der Waals surface area contributed by atoms with Crippen LogP contribution in [0.15, 0.2) is 60.7 Å². The van der Waals surface area contributed by atoms with Gasteiger partial charge in [-0.3, -0.25) is 9.59 Å². The molecule has 4 rings (SSSR count). The van der Waals surface area contributed by atoms with E-state index >= 15 is 0 Å². The molecular formula is C27H35N3O2. The number of rotatable bonds is 7. The molecular weight excluding hydrogens is 398 g/mol. The Morgan fingerprint density at radius 1 is 0.875 bits per heavy atom. The first kappa shape index (κ1) is 22.5. The summed E-state index contributed by atoms with van der Waals surface area (Å²) in [4.78, 5) is 28.3. The number of carbonyl (C=O) groups excluding carboxylic acids is 2. The number of amides is 2. The summed E-state index contributed by atoms with van der Waals surface area (Å²) in [5.41, 5.74) is 8.66. The van der Waals surface area contributed by atoms with E-state index in [1.54, 1.807) is 4.90 Å². The Morgan fingerprint density at radius 2 is 1.47 bits per heavy atom. The number of likely N-dealkylation sites (tertiary alicyclic amines) is 1. The van der Waals surface area contributed by atoms with Crippen molar-refractivity contribution >= 4 is 11.8 Å². The van der Waals surface area contributed by atoms with E-state index in [1.807, 2.05) is 60.7 Å². The van der Waals surface area contributed by atoms with Crippen LogP contribution in [0.25, 0.3) is 0 Å². The monoisotopic (exact) mass is 433 g/mol. The van der Waals surface area contributed by atoms with Crippen LogP contribution in [0.1, 0.15) is 62.0 Å². The van der Waals surface area contributed by atoms with E-state index in [4.69, 9.17) is 5.73 Å². The Labute approximate surface area is 191 Å². The second-order valence-corrected chi connectivity index (χ2v) is 9.26. The molecule has 5 heteroatoms. The maximum atomic E-state index is 13.6. The Bertz CT molecular complexity index is 841. The van der Waals surface area contributed by atoms with Crippen molar-refractivity contribution < 1.29 is 9.59 Å². The average Bonchev–Trinajstić information content (AvgIpc) is 3.34. The van der Waals surface area contributed by atoms with Crippen LogP contribution in [-0.4, -0.2) is 41.9 Å². The van der Waals surface area contributed by atoms with Gasteiger partial charge in [0.15, 0.2) is 0 Å². The van der Waals surface area contributed by atoms with Crippen molar-refractivity contribution in [3.8, 4) is 0 Å². The van der Waals surface area contributed by atoms with Gasteiger partial charge in [-0.1, -0.05) is 79.9 Å². The number of nitrogens with zero attached hydrogens (tertiary/aromatic N) is 1. The molecule has 1 heterocycles. The summed E-state index contributed by atoms with van der Waals surface area (Å²) in [5.74, 6) is 0.153. The fourth-order valence-corrected chi connectivity index (χ4v) is 5.32. The third-order valence-electron chi connectivity index (χ3n) is 7.09. The molecule has 1 saturated carbocycles. The minimum absolute atomic E-state index is 0.0235. The van der Waals surface area contributed by atoms with Gasteiger partial charge in [-0.2, -0.15) is 0 Å². The molecule has 2 atom stereocenters. The van der Waals surface area contributed by atoms with Crippen LogP contribution in [0.3, 0.4) is 0 Å². The minimum Gasteiger partial charge on any atom is -0.354 e. The first-order chi connectivity index (χ1) is 15.6. The first-order valence-electron chi connectivity index (χ1n) is 12.1. The zero-order valence-electron chi connectivity index (χ0n) is 18.8. The van der Waals surface area contributed by atoms with Crippen molar-refractivity contribution in [1.82, 2.24) is 10.2 Å². The van der Waals surface area contributed by atoms with E-state index in [9.17, 15) is 9.59 Å². The SMILES string of the molecule is N[C@@H](C(=O)N1CCC[C@H]1C(=O)NCC1CCCCC1)C(c1ccccc1)c1ccccc1. The largest absolute Gasteiger partial charge is 0.354 e. The summed E-state index contributed by atoms with van der Waals surface area (Å²) in [6, 6.07) is 18.7. The molecule has 5 nitrogen and oxygen atoms in total. The molecule has 1 saturated heterocycles. The average molecular weight is 434 g/mol. The van der Waals surface area contributed by atoms with Gasteiger partial charge in [0.2, 0.25) is 11.8 Å². The molecule has 32 heavy (non-hydrogen) atoms. The van der Waals surface area contributed by atoms with Crippen LogP contribution in [0.4, 0.5) is 0 Å². The fourth-order valence-electron chi connectivity index (χ4n) is 5.32. The van der Waals surface area contributed by atoms with E-state index < -0.39 is 12.1 Å². The maximum Gasteiger partial charge on any atom is 0.242 e. The molecule has 0 spiro atoms. The van der Waals surface area contributed by atoms with E-state index in [0.29, 0.717) is 18.9 Å². The lowest BCUT2D eigenvalue weighted by atomic mass is 9.84. The van der Waals surface area contributed by atoms with Crippen LogP contribution in [0, 0.1) is 5.92 Å². The Balaban J connectivity index is 1.47. The Morgan fingerprint density at radius 3 is 2.06 bits per heavy atom. The zero-order chi connectivity index (χ0) is 22.3. The third kappa shape index (κ3) is 5.21. The van der Waals surface area contributed by atoms with E-state index in [-0.39, 0.29) is 17.7 Å². The summed E-state index contributed by atoms with van der Waals surface area (Å²) in [7, 11) is 0. The van der Waals surface area contributed by atoms with Gasteiger partial charge in [0.1, 0.15) is 6.04 Å². The van der Waals surface area contributed by atoms with E-state index in [2.05, 4.69) is 5.32 Å². The van der Waals surface area contributed by atoms with Gasteiger partial charge in [0.05, 0.1) is 6.04 Å². The lowest BCUT2D eigenvalue weighted by molar-refractivity contribution is -0.139. The van der Waals surface area contributed by atoms with Gasteiger partial charge < -0.3 is 16.0 Å². The van der Waals surface area contributed by atoms with Crippen LogP contribution in [0.2, 0.25) is 0 Å². The number of carbonyl (C=O) groups is 2. The summed E-state index contributed by atoms with van der Waals surface area (Å²) < 4.78 is 0. The van der Waals surface area contributed by atoms with Crippen LogP contribution in [-0.2, 0) is 9.59 Å². The van der Waals surface area contributed by atoms with Gasteiger partial charge in [-0.15, -0.1) is 0 Å². The van der Waals surface area contributed by atoms with Gasteiger partial charge >= 0.3 is 0 Å². The Hall–Kier alpha value is -2.66. The van der Waals surface area contributed by atoms with Crippen molar-refractivity contribution in [2.45, 2.75) is 62.9 Å². The number of benzene rings is 2. The van der Waals surface area contributed by atoms with E-state index in [1.165, 1.54) is 32.1 Å². The highest BCUT2D eigenvalue weighted by molar-refractivity contribution is 5.91. The number of nitrogens with two attached hydrogens (primary N) is 1. The Kier molecular flexibility index (Phi) is 7.59. The van der Waals surface area contributed by atoms with Crippen molar-refractivity contribution in [2.75, 3.05) is 13.1 Å². The number of hydrogen-bond acceptors (Lipinski definition) is 3. The second kappa shape index (κ2) is 10.8. The molecule has 3 N–H and O–H groups in total. The van der Waals surface area contributed by atoms with Gasteiger partial charge in [-0.25, -0.2) is 0 Å². The lowest BCUT2D eigenvalue weighted by Gasteiger charge is -2.31. The van der Waals surface area contributed by atoms with Crippen molar-refractivity contribution in [1.29, 1.82) is 0 Å². The standard InChI is InChI=1S/C27H35N3O2/c28-25(24(21-13-6-2-7-14-21)22-15-8-3-9-16-22)27(32)30-18-10-17-23(30)26(31)29-19-20-11-4-1-5-12-20/h2-3,6-9,13-16,20,23-25H,1,4-5,10-12,17-19,28H2,(H,29,31)/t23-,25+/m0/s1. The molecule has 2 aromatic carbocycles. The number of nitrogens with one attached hydrogen (secondary N) is 1. The van der Waals surface area contributed by atoms with Gasteiger partial charge in [0.25, 0.3) is 0 Å². The van der Waals surface area contributed by atoms with Crippen molar-refractivity contribution in [3.05, 3.63) is 71.8 Å². The summed E-state index contributed by atoms with van der Waals surface area (Å²) in [6.07, 6.45) is 7.73. The molecule has 2 amide bonds. The summed E-state index contributed by atoms with van der Waals surface area (Å²) >= 11 is 0. The molecule has 1 aliphatic heterocycles. The highest BCUT2D eigenvalue weighted by atomic mass is 16.2. The molecule has 2 aliphatic rings. The van der Waals surface area contributed by atoms with Crippen LogP contribution < -0.4 is 11.1 Å². The van der Waals surface area contributed by atoms with Crippen LogP contribution >= 0.6 is 0 Å². The van der Waals surface area contributed by atoms with E-state index in [0.717, 1.165) is 24.1 Å². The fraction of sp³-hybridized carbons (Fsp3) is 0.481. The smallest absolute Gasteiger partial charge is 0.242 e. The molecule has 2 aromatic rings. The van der Waals surface area contributed by atoms with Crippen LogP contribution in [0.5, 0.6) is 0 Å². The first-order valence-corrected chi connectivity index (χ1v) is 12.1. The topological polar surface area (TPSA) is 75.4 Å².